The molecule has 2 atom stereocenters. The summed E-state index contributed by atoms with van der Waals surface area (Å²) in [6.07, 6.45) is 0. The van der Waals surface area contributed by atoms with Crippen LogP contribution in [-0.2, 0) is 6.54 Å². The Balaban J connectivity index is 1.37. The lowest BCUT2D eigenvalue weighted by atomic mass is 9.88. The molecule has 0 saturated carbocycles. The van der Waals surface area contributed by atoms with Crippen molar-refractivity contribution in [3.8, 4) is 11.5 Å². The third kappa shape index (κ3) is 5.20. The highest BCUT2D eigenvalue weighted by atomic mass is 16.7. The van der Waals surface area contributed by atoms with Gasteiger partial charge in [0.05, 0.1) is 0 Å². The minimum Gasteiger partial charge on any atom is -0.454 e. The zero-order valence-corrected chi connectivity index (χ0v) is 20.8. The number of rotatable bonds is 7. The summed E-state index contributed by atoms with van der Waals surface area (Å²) in [4.78, 5) is 18.0. The molecule has 2 heterocycles. The predicted octanol–water partition coefficient (Wildman–Crippen LogP) is 5.49. The third-order valence-corrected chi connectivity index (χ3v) is 7.20. The summed E-state index contributed by atoms with van der Waals surface area (Å²) in [5.41, 5.74) is 4.59. The second-order valence-electron chi connectivity index (χ2n) is 10.1. The molecule has 0 spiro atoms. The van der Waals surface area contributed by atoms with E-state index in [2.05, 4.69) is 62.1 Å². The lowest BCUT2D eigenvalue weighted by Gasteiger charge is -2.32. The number of carbonyl (C=O) groups excluding carboxylic acids is 1. The molecule has 3 aromatic rings. The van der Waals surface area contributed by atoms with Crippen molar-refractivity contribution in [3.05, 3.63) is 95.1 Å². The van der Waals surface area contributed by atoms with Crippen LogP contribution in [0.5, 0.6) is 11.5 Å². The zero-order chi connectivity index (χ0) is 24.4. The van der Waals surface area contributed by atoms with E-state index in [1.54, 1.807) is 0 Å². The summed E-state index contributed by atoms with van der Waals surface area (Å²) >= 11 is 0. The van der Waals surface area contributed by atoms with Crippen molar-refractivity contribution in [2.45, 2.75) is 39.3 Å². The molecule has 1 amide bonds. The van der Waals surface area contributed by atoms with Crippen LogP contribution >= 0.6 is 0 Å². The fourth-order valence-electron chi connectivity index (χ4n) is 5.29. The molecule has 0 bridgehead atoms. The monoisotopic (exact) mass is 470 g/mol. The SMILES string of the molecule is Cc1ccc([C@@H]2CN(Cc3ccc4c(c3)OCO4)C[C@@H]2CN(C(=O)c2ccccc2)C(C)C)cc1. The van der Waals surface area contributed by atoms with Gasteiger partial charge in [-0.3, -0.25) is 9.69 Å². The highest BCUT2D eigenvalue weighted by Gasteiger charge is 2.36. The van der Waals surface area contributed by atoms with Gasteiger partial charge in [-0.25, -0.2) is 0 Å². The van der Waals surface area contributed by atoms with Crippen molar-refractivity contribution in [1.82, 2.24) is 9.80 Å². The number of hydrogen-bond acceptors (Lipinski definition) is 4. The molecule has 0 N–H and O–H groups in total. The predicted molar refractivity (Wildman–Crippen MR) is 138 cm³/mol. The van der Waals surface area contributed by atoms with Crippen LogP contribution in [0.15, 0.2) is 72.8 Å². The maximum absolute atomic E-state index is 13.4. The number of hydrogen-bond donors (Lipinski definition) is 0. The molecule has 182 valence electrons. The highest BCUT2D eigenvalue weighted by Crippen LogP contribution is 2.37. The average Bonchev–Trinajstić information content (AvgIpc) is 3.49. The molecule has 0 radical (unpaired) electrons. The number of nitrogens with zero attached hydrogens (tertiary/aromatic N) is 2. The van der Waals surface area contributed by atoms with Crippen molar-refractivity contribution in [3.63, 3.8) is 0 Å². The fraction of sp³-hybridized carbons (Fsp3) is 0.367. The van der Waals surface area contributed by atoms with Crippen LogP contribution in [0.1, 0.15) is 46.8 Å². The lowest BCUT2D eigenvalue weighted by Crippen LogP contribution is -2.42. The normalized spacial score (nSPS) is 19.3. The first-order valence-corrected chi connectivity index (χ1v) is 12.5. The number of carbonyl (C=O) groups is 1. The van der Waals surface area contributed by atoms with Gasteiger partial charge in [-0.2, -0.15) is 0 Å². The van der Waals surface area contributed by atoms with E-state index in [-0.39, 0.29) is 11.9 Å². The summed E-state index contributed by atoms with van der Waals surface area (Å²) in [5.74, 6) is 2.47. The van der Waals surface area contributed by atoms with E-state index in [1.165, 1.54) is 16.7 Å². The van der Waals surface area contributed by atoms with Crippen LogP contribution in [0.25, 0.3) is 0 Å². The van der Waals surface area contributed by atoms with Crippen LogP contribution in [0.4, 0.5) is 0 Å². The number of amides is 1. The van der Waals surface area contributed by atoms with Crippen molar-refractivity contribution < 1.29 is 14.3 Å². The Morgan fingerprint density at radius 3 is 2.46 bits per heavy atom. The molecule has 35 heavy (non-hydrogen) atoms. The van der Waals surface area contributed by atoms with Gasteiger partial charge < -0.3 is 14.4 Å². The molecule has 1 fully saturated rings. The summed E-state index contributed by atoms with van der Waals surface area (Å²) in [6, 6.07) is 24.9. The molecule has 2 aliphatic heterocycles. The molecule has 3 aromatic carbocycles. The molecular weight excluding hydrogens is 436 g/mol. The lowest BCUT2D eigenvalue weighted by molar-refractivity contribution is 0.0668. The molecule has 2 aliphatic rings. The largest absolute Gasteiger partial charge is 0.454 e. The first-order valence-electron chi connectivity index (χ1n) is 12.5. The van der Waals surface area contributed by atoms with Crippen molar-refractivity contribution >= 4 is 5.91 Å². The Labute approximate surface area is 208 Å². The maximum Gasteiger partial charge on any atom is 0.254 e. The van der Waals surface area contributed by atoms with Gasteiger partial charge in [-0.05, 0) is 62.1 Å². The van der Waals surface area contributed by atoms with Crippen molar-refractivity contribution in [1.29, 1.82) is 0 Å². The minimum atomic E-state index is 0.109. The Kier molecular flexibility index (Phi) is 6.78. The van der Waals surface area contributed by atoms with E-state index < -0.39 is 0 Å². The van der Waals surface area contributed by atoms with Gasteiger partial charge in [0.15, 0.2) is 11.5 Å². The van der Waals surface area contributed by atoms with Crippen molar-refractivity contribution in [2.24, 2.45) is 5.92 Å². The highest BCUT2D eigenvalue weighted by molar-refractivity contribution is 5.94. The van der Waals surface area contributed by atoms with E-state index in [0.29, 0.717) is 18.6 Å². The van der Waals surface area contributed by atoms with E-state index >= 15 is 0 Å². The Morgan fingerprint density at radius 1 is 0.971 bits per heavy atom. The molecule has 5 rings (SSSR count). The number of benzene rings is 3. The molecule has 5 heteroatoms. The van der Waals surface area contributed by atoms with Gasteiger partial charge in [0.2, 0.25) is 6.79 Å². The minimum absolute atomic E-state index is 0.109. The summed E-state index contributed by atoms with van der Waals surface area (Å²) < 4.78 is 11.1. The topological polar surface area (TPSA) is 42.0 Å². The quantitative estimate of drug-likeness (QED) is 0.458. The molecule has 0 aliphatic carbocycles. The summed E-state index contributed by atoms with van der Waals surface area (Å²) in [6.45, 7) is 10.1. The van der Waals surface area contributed by atoms with E-state index in [0.717, 1.165) is 43.2 Å². The van der Waals surface area contributed by atoms with Crippen molar-refractivity contribution in [2.75, 3.05) is 26.4 Å². The molecule has 1 saturated heterocycles. The first kappa shape index (κ1) is 23.4. The van der Waals surface area contributed by atoms with Gasteiger partial charge >= 0.3 is 0 Å². The standard InChI is InChI=1S/C30H34N2O3/c1-21(2)32(30(33)25-7-5-4-6-8-25)18-26-17-31(19-27(26)24-12-9-22(3)10-13-24)16-23-11-14-28-29(15-23)35-20-34-28/h4-15,21,26-27H,16-20H2,1-3H3/t26-,27+/m1/s1. The van der Waals surface area contributed by atoms with Gasteiger partial charge in [0.1, 0.15) is 0 Å². The Morgan fingerprint density at radius 2 is 1.71 bits per heavy atom. The molecular formula is C30H34N2O3. The Bertz CT molecular complexity index is 1160. The second-order valence-corrected chi connectivity index (χ2v) is 10.1. The fourth-order valence-corrected chi connectivity index (χ4v) is 5.29. The van der Waals surface area contributed by atoms with Crippen LogP contribution in [0.3, 0.4) is 0 Å². The number of fused-ring (bicyclic) bond motifs is 1. The van der Waals surface area contributed by atoms with Crippen LogP contribution in [-0.4, -0.2) is 48.2 Å². The third-order valence-electron chi connectivity index (χ3n) is 7.20. The van der Waals surface area contributed by atoms with Gasteiger partial charge in [-0.15, -0.1) is 0 Å². The summed E-state index contributed by atoms with van der Waals surface area (Å²) in [7, 11) is 0. The van der Waals surface area contributed by atoms with Crippen LogP contribution in [0.2, 0.25) is 0 Å². The Hall–Kier alpha value is -3.31. The summed E-state index contributed by atoms with van der Waals surface area (Å²) in [5, 5.41) is 0. The number of ether oxygens (including phenoxy) is 2. The average molecular weight is 471 g/mol. The first-order chi connectivity index (χ1) is 17.0. The van der Waals surface area contributed by atoms with E-state index in [1.807, 2.05) is 41.3 Å². The molecule has 0 aromatic heterocycles. The zero-order valence-electron chi connectivity index (χ0n) is 20.8. The molecule has 0 unspecified atom stereocenters. The van der Waals surface area contributed by atoms with Crippen LogP contribution < -0.4 is 9.47 Å². The second kappa shape index (κ2) is 10.1. The van der Waals surface area contributed by atoms with Gasteiger partial charge in [0.25, 0.3) is 5.91 Å². The molecule has 5 nitrogen and oxygen atoms in total. The maximum atomic E-state index is 13.4. The van der Waals surface area contributed by atoms with E-state index in [9.17, 15) is 4.79 Å². The number of likely N-dealkylation sites (tertiary alicyclic amines) is 1. The number of aryl methyl sites for hydroxylation is 1. The van der Waals surface area contributed by atoms with Crippen LogP contribution in [0, 0.1) is 12.8 Å². The van der Waals surface area contributed by atoms with E-state index in [4.69, 9.17) is 9.47 Å². The van der Waals surface area contributed by atoms with Gasteiger partial charge in [0, 0.05) is 43.7 Å². The van der Waals surface area contributed by atoms with Gasteiger partial charge in [-0.1, -0.05) is 54.1 Å². The smallest absolute Gasteiger partial charge is 0.254 e.